The molecule has 3 aromatic rings. The summed E-state index contributed by atoms with van der Waals surface area (Å²) in [5.41, 5.74) is 1.76. The van der Waals surface area contributed by atoms with E-state index in [9.17, 15) is 9.59 Å². The van der Waals surface area contributed by atoms with E-state index < -0.39 is 0 Å². The lowest BCUT2D eigenvalue weighted by Crippen LogP contribution is -2.49. The topological polar surface area (TPSA) is 72.8 Å². The van der Waals surface area contributed by atoms with Gasteiger partial charge in [-0.3, -0.25) is 14.0 Å². The second kappa shape index (κ2) is 6.55. The molecule has 1 saturated heterocycles. The Hall–Kier alpha value is -2.57. The molecular weight excluding hydrogens is 344 g/mol. The van der Waals surface area contributed by atoms with Gasteiger partial charge in [0.25, 0.3) is 5.56 Å². The van der Waals surface area contributed by atoms with Crippen LogP contribution in [0.4, 0.5) is 0 Å². The van der Waals surface area contributed by atoms with Crippen molar-refractivity contribution in [1.82, 2.24) is 19.1 Å². The number of carbonyl (C=O) groups is 1. The van der Waals surface area contributed by atoms with Gasteiger partial charge in [0.15, 0.2) is 5.58 Å². The number of furan rings is 1. The Morgan fingerprint density at radius 1 is 1.22 bits per heavy atom. The highest BCUT2D eigenvalue weighted by atomic mass is 16.3. The van der Waals surface area contributed by atoms with Crippen LogP contribution in [-0.4, -0.2) is 37.1 Å². The molecule has 0 spiro atoms. The van der Waals surface area contributed by atoms with Crippen LogP contribution in [0, 0.1) is 6.92 Å². The van der Waals surface area contributed by atoms with Gasteiger partial charge in [0.1, 0.15) is 23.6 Å². The molecule has 7 nitrogen and oxygen atoms in total. The average molecular weight is 370 g/mol. The van der Waals surface area contributed by atoms with Crippen molar-refractivity contribution in [3.63, 3.8) is 0 Å². The van der Waals surface area contributed by atoms with Crippen LogP contribution in [-0.2, 0) is 17.8 Å². The van der Waals surface area contributed by atoms with Crippen LogP contribution >= 0.6 is 0 Å². The van der Waals surface area contributed by atoms with Gasteiger partial charge in [-0.05, 0) is 40.0 Å². The largest absolute Gasteiger partial charge is 0.460 e. The van der Waals surface area contributed by atoms with Crippen LogP contribution in [0.1, 0.15) is 51.6 Å². The zero-order chi connectivity index (χ0) is 19.3. The fourth-order valence-corrected chi connectivity index (χ4v) is 4.37. The quantitative estimate of drug-likeness (QED) is 0.711. The molecule has 3 aromatic heterocycles. The number of aromatic nitrogens is 3. The van der Waals surface area contributed by atoms with Crippen molar-refractivity contribution in [2.24, 2.45) is 0 Å². The number of nitrogens with zero attached hydrogens (tertiary/aromatic N) is 4. The van der Waals surface area contributed by atoms with Crippen molar-refractivity contribution in [2.45, 2.75) is 72.0 Å². The molecule has 0 radical (unpaired) electrons. The minimum Gasteiger partial charge on any atom is -0.460 e. The van der Waals surface area contributed by atoms with E-state index in [4.69, 9.17) is 4.42 Å². The summed E-state index contributed by atoms with van der Waals surface area (Å²) in [6, 6.07) is 4.06. The highest BCUT2D eigenvalue weighted by Crippen LogP contribution is 2.24. The first kappa shape index (κ1) is 17.8. The third kappa shape index (κ3) is 2.85. The lowest BCUT2D eigenvalue weighted by Gasteiger charge is -2.39. The third-order valence-corrected chi connectivity index (χ3v) is 5.64. The van der Waals surface area contributed by atoms with Crippen molar-refractivity contribution >= 4 is 22.5 Å². The van der Waals surface area contributed by atoms with E-state index in [-0.39, 0.29) is 30.1 Å². The smallest absolute Gasteiger partial charge is 0.291 e. The zero-order valence-electron chi connectivity index (χ0n) is 16.4. The van der Waals surface area contributed by atoms with Crippen molar-refractivity contribution in [2.75, 3.05) is 0 Å². The Morgan fingerprint density at radius 3 is 2.59 bits per heavy atom. The number of hydrogen-bond donors (Lipinski definition) is 0. The van der Waals surface area contributed by atoms with Crippen molar-refractivity contribution in [1.29, 1.82) is 0 Å². The average Bonchev–Trinajstić information content (AvgIpc) is 3.13. The number of piperidine rings is 1. The summed E-state index contributed by atoms with van der Waals surface area (Å²) in [7, 11) is 0. The Labute approximate surface area is 157 Å². The van der Waals surface area contributed by atoms with Crippen molar-refractivity contribution in [3.8, 4) is 0 Å². The van der Waals surface area contributed by atoms with Crippen LogP contribution in [0.5, 0.6) is 0 Å². The van der Waals surface area contributed by atoms with Gasteiger partial charge >= 0.3 is 0 Å². The minimum atomic E-state index is -0.262. The van der Waals surface area contributed by atoms with E-state index in [0.29, 0.717) is 17.5 Å². The monoisotopic (exact) mass is 370 g/mol. The minimum absolute atomic E-state index is 0.0252. The summed E-state index contributed by atoms with van der Waals surface area (Å²) in [5, 5.41) is 4.51. The van der Waals surface area contributed by atoms with Crippen molar-refractivity contribution < 1.29 is 9.21 Å². The van der Waals surface area contributed by atoms with E-state index in [1.54, 1.807) is 6.07 Å². The molecule has 0 N–H and O–H groups in total. The Morgan fingerprint density at radius 2 is 1.93 bits per heavy atom. The fraction of sp³-hybridized carbons (Fsp3) is 0.550. The maximum Gasteiger partial charge on any atom is 0.291 e. The van der Waals surface area contributed by atoms with Crippen LogP contribution in [0.15, 0.2) is 21.3 Å². The molecule has 0 aliphatic carbocycles. The molecule has 7 heteroatoms. The Balaban J connectivity index is 1.77. The highest BCUT2D eigenvalue weighted by Gasteiger charge is 2.29. The molecule has 1 amide bonds. The lowest BCUT2D eigenvalue weighted by molar-refractivity contribution is -0.138. The van der Waals surface area contributed by atoms with E-state index >= 15 is 0 Å². The molecule has 0 saturated carbocycles. The number of amides is 1. The maximum absolute atomic E-state index is 13.0. The Kier molecular flexibility index (Phi) is 4.32. The zero-order valence-corrected chi connectivity index (χ0v) is 16.4. The van der Waals surface area contributed by atoms with E-state index in [0.717, 1.165) is 36.4 Å². The SMILES string of the molecule is CCc1nn(CC(=O)N2[C@H](C)CCC[C@H]2C)c(=O)c2cc3oc(C)cc3n12. The van der Waals surface area contributed by atoms with Crippen LogP contribution < -0.4 is 5.56 Å². The summed E-state index contributed by atoms with van der Waals surface area (Å²) in [6.07, 6.45) is 3.80. The molecule has 1 fully saturated rings. The number of likely N-dealkylation sites (tertiary alicyclic amines) is 1. The predicted octanol–water partition coefficient (Wildman–Crippen LogP) is 2.90. The summed E-state index contributed by atoms with van der Waals surface area (Å²) in [4.78, 5) is 27.9. The molecule has 144 valence electrons. The standard InChI is InChI=1S/C20H26N4O3/c1-5-18-21-22(11-19(25)23-12(2)7-6-8-13(23)3)20(26)16-10-17-15(24(16)18)9-14(4)27-17/h9-10,12-13H,5-8,11H2,1-4H3/t12-,13-/m1/s1. The van der Waals surface area contributed by atoms with Gasteiger partial charge < -0.3 is 9.32 Å². The second-order valence-corrected chi connectivity index (χ2v) is 7.63. The van der Waals surface area contributed by atoms with E-state index in [2.05, 4.69) is 18.9 Å². The first-order valence-corrected chi connectivity index (χ1v) is 9.73. The molecule has 1 aliphatic heterocycles. The van der Waals surface area contributed by atoms with Crippen LogP contribution in [0.3, 0.4) is 0 Å². The van der Waals surface area contributed by atoms with Crippen LogP contribution in [0.25, 0.3) is 16.6 Å². The summed E-state index contributed by atoms with van der Waals surface area (Å²) >= 11 is 0. The molecular formula is C20H26N4O3. The first-order valence-electron chi connectivity index (χ1n) is 9.73. The van der Waals surface area contributed by atoms with Gasteiger partial charge in [-0.2, -0.15) is 5.10 Å². The summed E-state index contributed by atoms with van der Waals surface area (Å²) in [6.45, 7) is 8.00. The number of fused-ring (bicyclic) bond motifs is 3. The van der Waals surface area contributed by atoms with E-state index in [1.807, 2.05) is 29.2 Å². The Bertz CT molecular complexity index is 1060. The summed E-state index contributed by atoms with van der Waals surface area (Å²) in [5.74, 6) is 1.50. The molecule has 0 unspecified atom stereocenters. The van der Waals surface area contributed by atoms with Gasteiger partial charge in [0.05, 0.1) is 5.52 Å². The first-order chi connectivity index (χ1) is 12.9. The molecule has 0 bridgehead atoms. The fourth-order valence-electron chi connectivity index (χ4n) is 4.37. The molecule has 1 aliphatic rings. The number of carbonyl (C=O) groups excluding carboxylic acids is 1. The second-order valence-electron chi connectivity index (χ2n) is 7.63. The van der Waals surface area contributed by atoms with E-state index in [1.165, 1.54) is 4.68 Å². The normalized spacial score (nSPS) is 20.7. The van der Waals surface area contributed by atoms with Gasteiger partial charge in [-0.1, -0.05) is 6.92 Å². The number of hydrogen-bond acceptors (Lipinski definition) is 4. The van der Waals surface area contributed by atoms with Crippen molar-refractivity contribution in [3.05, 3.63) is 34.1 Å². The van der Waals surface area contributed by atoms with Gasteiger partial charge in [0.2, 0.25) is 5.91 Å². The molecule has 4 heterocycles. The molecule has 27 heavy (non-hydrogen) atoms. The van der Waals surface area contributed by atoms with Gasteiger partial charge in [-0.25, -0.2) is 4.68 Å². The van der Waals surface area contributed by atoms with Gasteiger partial charge in [-0.15, -0.1) is 0 Å². The molecule has 4 rings (SSSR count). The molecule has 0 aromatic carbocycles. The number of rotatable bonds is 3. The molecule has 2 atom stereocenters. The number of aryl methyl sites for hydroxylation is 2. The third-order valence-electron chi connectivity index (χ3n) is 5.64. The highest BCUT2D eigenvalue weighted by molar-refractivity contribution is 5.83. The lowest BCUT2D eigenvalue weighted by atomic mass is 9.97. The summed E-state index contributed by atoms with van der Waals surface area (Å²) < 4.78 is 8.84. The van der Waals surface area contributed by atoms with Gasteiger partial charge in [0, 0.05) is 30.6 Å². The predicted molar refractivity (Wildman–Crippen MR) is 103 cm³/mol. The maximum atomic E-state index is 13.0. The van der Waals surface area contributed by atoms with Crippen LogP contribution in [0.2, 0.25) is 0 Å².